The Hall–Kier alpha value is -2.35. The Morgan fingerprint density at radius 3 is 1.96 bits per heavy atom. The number of hydrogen-bond acceptors (Lipinski definition) is 1. The third-order valence-corrected chi connectivity index (χ3v) is 4.91. The first kappa shape index (κ1) is 19.4. The summed E-state index contributed by atoms with van der Waals surface area (Å²) in [7, 11) is 0. The molecule has 0 fully saturated rings. The van der Waals surface area contributed by atoms with Gasteiger partial charge in [-0.05, 0) is 40.8 Å². The van der Waals surface area contributed by atoms with Crippen LogP contribution in [0.4, 0.5) is 0 Å². The minimum atomic E-state index is 0. The lowest BCUT2D eigenvalue weighted by Gasteiger charge is -2.20. The van der Waals surface area contributed by atoms with Crippen LogP contribution in [0.1, 0.15) is 25.3 Å². The molecule has 0 saturated carbocycles. The lowest BCUT2D eigenvalue weighted by molar-refractivity contribution is 0.867. The Labute approximate surface area is 171 Å². The van der Waals surface area contributed by atoms with Gasteiger partial charge in [0.2, 0.25) is 0 Å². The second kappa shape index (κ2) is 8.12. The molecule has 27 heavy (non-hydrogen) atoms. The van der Waals surface area contributed by atoms with E-state index in [1.165, 1.54) is 16.7 Å². The molecular weight excluding hydrogens is 373 g/mol. The van der Waals surface area contributed by atoms with Crippen LogP contribution in [-0.4, -0.2) is 4.98 Å². The number of pyridine rings is 1. The summed E-state index contributed by atoms with van der Waals surface area (Å²) in [6.45, 7) is 4.46. The molecule has 3 aromatic carbocycles. The molecular formula is C24H21Cl2N. The average molecular weight is 394 g/mol. The number of nitrogens with zero attached hydrogens (tertiary/aromatic N) is 1. The summed E-state index contributed by atoms with van der Waals surface area (Å²) in [4.78, 5) is 5.04. The van der Waals surface area contributed by atoms with Crippen LogP contribution in [0.3, 0.4) is 0 Å². The van der Waals surface area contributed by atoms with Crippen molar-refractivity contribution in [1.82, 2.24) is 4.98 Å². The molecule has 1 nitrogen and oxygen atoms in total. The molecule has 0 radical (unpaired) electrons. The smallest absolute Gasteiger partial charge is 0.0750 e. The summed E-state index contributed by atoms with van der Waals surface area (Å²) < 4.78 is 0. The summed E-state index contributed by atoms with van der Waals surface area (Å²) in [5.74, 6) is 0.330. The number of benzene rings is 3. The molecule has 0 spiro atoms. The van der Waals surface area contributed by atoms with E-state index in [0.717, 1.165) is 27.2 Å². The number of aromatic nitrogens is 1. The average Bonchev–Trinajstić information content (AvgIpc) is 2.67. The molecule has 0 N–H and O–H groups in total. The summed E-state index contributed by atoms with van der Waals surface area (Å²) >= 11 is 6.34. The first-order valence-electron chi connectivity index (χ1n) is 8.89. The molecule has 0 saturated heterocycles. The Bertz CT molecular complexity index is 1060. The Kier molecular flexibility index (Phi) is 5.84. The van der Waals surface area contributed by atoms with Crippen molar-refractivity contribution in [3.8, 4) is 22.4 Å². The van der Waals surface area contributed by atoms with Crippen LogP contribution in [0.2, 0.25) is 5.02 Å². The monoisotopic (exact) mass is 393 g/mol. The van der Waals surface area contributed by atoms with Crippen molar-refractivity contribution in [2.24, 2.45) is 0 Å². The largest absolute Gasteiger partial charge is 0.247 e. The summed E-state index contributed by atoms with van der Waals surface area (Å²) in [5.41, 5.74) is 6.85. The van der Waals surface area contributed by atoms with E-state index in [2.05, 4.69) is 62.4 Å². The van der Waals surface area contributed by atoms with Gasteiger partial charge in [-0.1, -0.05) is 86.1 Å². The van der Waals surface area contributed by atoms with E-state index >= 15 is 0 Å². The highest BCUT2D eigenvalue weighted by Gasteiger charge is 2.20. The van der Waals surface area contributed by atoms with Gasteiger partial charge in [-0.2, -0.15) is 0 Å². The predicted octanol–water partition coefficient (Wildman–Crippen LogP) is 7.77. The third-order valence-electron chi connectivity index (χ3n) is 4.67. The van der Waals surface area contributed by atoms with Crippen LogP contribution in [0.25, 0.3) is 33.3 Å². The zero-order chi connectivity index (χ0) is 18.1. The highest BCUT2D eigenvalue weighted by molar-refractivity contribution is 6.31. The molecule has 0 bridgehead atoms. The topological polar surface area (TPSA) is 12.9 Å². The minimum Gasteiger partial charge on any atom is -0.247 e. The zero-order valence-corrected chi connectivity index (χ0v) is 16.9. The first-order valence-corrected chi connectivity index (χ1v) is 9.27. The fraction of sp³-hybridized carbons (Fsp3) is 0.125. The lowest BCUT2D eigenvalue weighted by atomic mass is 9.86. The van der Waals surface area contributed by atoms with Crippen LogP contribution < -0.4 is 0 Å². The van der Waals surface area contributed by atoms with Crippen molar-refractivity contribution in [3.63, 3.8) is 0 Å². The van der Waals surface area contributed by atoms with E-state index in [-0.39, 0.29) is 12.4 Å². The van der Waals surface area contributed by atoms with E-state index in [9.17, 15) is 0 Å². The Morgan fingerprint density at radius 1 is 0.778 bits per heavy atom. The number of fused-ring (bicyclic) bond motifs is 1. The molecule has 1 aromatic heterocycles. The summed E-state index contributed by atoms with van der Waals surface area (Å²) in [6, 6.07) is 26.9. The van der Waals surface area contributed by atoms with E-state index in [0.29, 0.717) is 5.92 Å². The van der Waals surface area contributed by atoms with Gasteiger partial charge in [0, 0.05) is 16.0 Å². The molecule has 136 valence electrons. The quantitative estimate of drug-likeness (QED) is 0.346. The first-order chi connectivity index (χ1) is 12.6. The molecule has 0 amide bonds. The molecule has 4 aromatic rings. The van der Waals surface area contributed by atoms with Crippen LogP contribution in [0.5, 0.6) is 0 Å². The fourth-order valence-electron chi connectivity index (χ4n) is 3.54. The molecule has 0 atom stereocenters. The van der Waals surface area contributed by atoms with Crippen LogP contribution in [-0.2, 0) is 0 Å². The molecule has 0 aliphatic rings. The van der Waals surface area contributed by atoms with Gasteiger partial charge in [-0.25, -0.2) is 4.98 Å². The van der Waals surface area contributed by atoms with E-state index < -0.39 is 0 Å². The van der Waals surface area contributed by atoms with Gasteiger partial charge < -0.3 is 0 Å². The minimum absolute atomic E-state index is 0. The second-order valence-corrected chi connectivity index (χ2v) is 7.23. The van der Waals surface area contributed by atoms with Gasteiger partial charge >= 0.3 is 0 Å². The fourth-order valence-corrected chi connectivity index (χ4v) is 3.72. The van der Waals surface area contributed by atoms with Gasteiger partial charge in [-0.15, -0.1) is 12.4 Å². The Balaban J connectivity index is 0.00000210. The lowest BCUT2D eigenvalue weighted by Crippen LogP contribution is -2.01. The maximum absolute atomic E-state index is 6.34. The predicted molar refractivity (Wildman–Crippen MR) is 119 cm³/mol. The summed E-state index contributed by atoms with van der Waals surface area (Å²) in [6.07, 6.45) is 0. The van der Waals surface area contributed by atoms with Crippen molar-refractivity contribution in [1.29, 1.82) is 0 Å². The van der Waals surface area contributed by atoms with Crippen LogP contribution in [0, 0.1) is 0 Å². The van der Waals surface area contributed by atoms with Gasteiger partial charge in [0.15, 0.2) is 0 Å². The highest BCUT2D eigenvalue weighted by atomic mass is 35.5. The van der Waals surface area contributed by atoms with Crippen molar-refractivity contribution >= 4 is 34.9 Å². The van der Waals surface area contributed by atoms with E-state index in [1.54, 1.807) is 0 Å². The number of rotatable bonds is 3. The molecule has 0 aliphatic carbocycles. The van der Waals surface area contributed by atoms with Crippen molar-refractivity contribution in [2.45, 2.75) is 19.8 Å². The van der Waals surface area contributed by atoms with Crippen molar-refractivity contribution in [2.75, 3.05) is 0 Å². The van der Waals surface area contributed by atoms with Crippen molar-refractivity contribution < 1.29 is 0 Å². The van der Waals surface area contributed by atoms with Gasteiger partial charge in [-0.3, -0.25) is 0 Å². The zero-order valence-electron chi connectivity index (χ0n) is 15.3. The summed E-state index contributed by atoms with van der Waals surface area (Å²) in [5, 5.41) is 1.84. The second-order valence-electron chi connectivity index (χ2n) is 6.80. The standard InChI is InChI=1S/C24H20ClN.ClH/c1-16(2)22-23(17-9-5-3-6-10-17)20-15-19(25)13-14-21(20)26-24(22)18-11-7-4-8-12-18;/h3-16H,1-2H3;1H. The van der Waals surface area contributed by atoms with E-state index in [1.807, 2.05) is 30.3 Å². The number of hydrogen-bond donors (Lipinski definition) is 0. The van der Waals surface area contributed by atoms with Crippen LogP contribution >= 0.6 is 24.0 Å². The SMILES string of the molecule is CC(C)c1c(-c2ccccc2)nc2ccc(Cl)cc2c1-c1ccccc1.Cl. The van der Waals surface area contributed by atoms with Gasteiger partial charge in [0.05, 0.1) is 11.2 Å². The molecule has 4 rings (SSSR count). The molecule has 1 heterocycles. The van der Waals surface area contributed by atoms with Crippen molar-refractivity contribution in [3.05, 3.63) is 89.4 Å². The van der Waals surface area contributed by atoms with E-state index in [4.69, 9.17) is 16.6 Å². The maximum Gasteiger partial charge on any atom is 0.0750 e. The molecule has 3 heteroatoms. The molecule has 0 unspecified atom stereocenters. The normalized spacial score (nSPS) is 10.8. The highest BCUT2D eigenvalue weighted by Crippen LogP contribution is 2.41. The molecule has 0 aliphatic heterocycles. The number of halogens is 2. The van der Waals surface area contributed by atoms with Crippen LogP contribution in [0.15, 0.2) is 78.9 Å². The third kappa shape index (κ3) is 3.71. The van der Waals surface area contributed by atoms with Gasteiger partial charge in [0.1, 0.15) is 0 Å². The maximum atomic E-state index is 6.34. The van der Waals surface area contributed by atoms with Gasteiger partial charge in [0.25, 0.3) is 0 Å². The Morgan fingerprint density at radius 2 is 1.37 bits per heavy atom.